The predicted octanol–water partition coefficient (Wildman–Crippen LogP) is 1.08. The summed E-state index contributed by atoms with van der Waals surface area (Å²) in [6, 6.07) is 4.95. The number of fused-ring (bicyclic) bond motifs is 1. The lowest BCUT2D eigenvalue weighted by molar-refractivity contribution is -0.131. The third-order valence-electron chi connectivity index (χ3n) is 3.19. The third kappa shape index (κ3) is 2.99. The number of benzene rings is 1. The van der Waals surface area contributed by atoms with E-state index in [1.165, 1.54) is 12.1 Å². The molecule has 1 aliphatic heterocycles. The van der Waals surface area contributed by atoms with Gasteiger partial charge >= 0.3 is 5.63 Å². The van der Waals surface area contributed by atoms with Crippen LogP contribution in [0.2, 0.25) is 0 Å². The summed E-state index contributed by atoms with van der Waals surface area (Å²) in [5.41, 5.74) is 1.01. The van der Waals surface area contributed by atoms with Crippen LogP contribution < -0.4 is 16.3 Å². The van der Waals surface area contributed by atoms with Crippen LogP contribution in [0.15, 0.2) is 43.7 Å². The van der Waals surface area contributed by atoms with Gasteiger partial charge in [-0.2, -0.15) is 10.2 Å². The second kappa shape index (κ2) is 5.69. The van der Waals surface area contributed by atoms with E-state index in [0.717, 1.165) is 10.9 Å². The molecule has 2 heterocycles. The fourth-order valence-electron chi connectivity index (χ4n) is 2.12. The maximum atomic E-state index is 11.7. The minimum Gasteiger partial charge on any atom is -0.423 e. The van der Waals surface area contributed by atoms with E-state index in [2.05, 4.69) is 33.1 Å². The van der Waals surface area contributed by atoms with E-state index in [1.807, 2.05) is 0 Å². The van der Waals surface area contributed by atoms with E-state index < -0.39 is 23.5 Å². The Morgan fingerprint density at radius 1 is 1.13 bits per heavy atom. The van der Waals surface area contributed by atoms with Gasteiger partial charge in [-0.1, -0.05) is 0 Å². The number of thiocarbonyl (C=S) groups is 1. The quantitative estimate of drug-likeness (QED) is 0.370. The van der Waals surface area contributed by atoms with Crippen molar-refractivity contribution in [2.75, 3.05) is 0 Å². The molecule has 2 N–H and O–H groups in total. The molecule has 1 aromatic carbocycles. The van der Waals surface area contributed by atoms with Gasteiger partial charge in [-0.15, -0.1) is 0 Å². The van der Waals surface area contributed by atoms with Crippen LogP contribution in [-0.4, -0.2) is 23.0 Å². The van der Waals surface area contributed by atoms with Gasteiger partial charge in [-0.25, -0.2) is 4.79 Å². The summed E-state index contributed by atoms with van der Waals surface area (Å²) in [5.74, 6) is -1.30. The number of aryl methyl sites for hydroxylation is 1. The molecule has 9 heteroatoms. The van der Waals surface area contributed by atoms with Gasteiger partial charge in [0.1, 0.15) is 5.58 Å². The Kier molecular flexibility index (Phi) is 3.70. The average Bonchev–Trinajstić information content (AvgIpc) is 2.45. The summed E-state index contributed by atoms with van der Waals surface area (Å²) in [6.45, 7) is 1.79. The lowest BCUT2D eigenvalue weighted by Crippen LogP contribution is -2.57. The molecule has 2 amide bonds. The lowest BCUT2D eigenvalue weighted by Gasteiger charge is -2.18. The largest absolute Gasteiger partial charge is 0.423 e. The highest BCUT2D eigenvalue weighted by molar-refractivity contribution is 7.80. The summed E-state index contributed by atoms with van der Waals surface area (Å²) in [4.78, 5) is 34.7. The molecule has 1 saturated heterocycles. The van der Waals surface area contributed by atoms with Crippen LogP contribution in [0.5, 0.6) is 0 Å². The van der Waals surface area contributed by atoms with E-state index in [0.29, 0.717) is 11.3 Å². The third-order valence-corrected chi connectivity index (χ3v) is 3.40. The zero-order valence-electron chi connectivity index (χ0n) is 11.8. The molecule has 3 rings (SSSR count). The molecule has 1 aromatic heterocycles. The van der Waals surface area contributed by atoms with Crippen LogP contribution in [0.1, 0.15) is 5.56 Å². The number of nitrogens with one attached hydrogen (secondary N) is 2. The summed E-state index contributed by atoms with van der Waals surface area (Å²) in [7, 11) is 0. The van der Waals surface area contributed by atoms with E-state index in [1.54, 1.807) is 19.1 Å². The average molecular weight is 330 g/mol. The van der Waals surface area contributed by atoms with Crippen LogP contribution in [0.3, 0.4) is 0 Å². The van der Waals surface area contributed by atoms with Crippen molar-refractivity contribution in [3.8, 4) is 0 Å². The zero-order chi connectivity index (χ0) is 16.6. The van der Waals surface area contributed by atoms with Crippen molar-refractivity contribution in [3.05, 3.63) is 40.2 Å². The molecule has 0 unspecified atom stereocenters. The van der Waals surface area contributed by atoms with E-state index >= 15 is 0 Å². The topological polar surface area (TPSA) is 113 Å². The summed E-state index contributed by atoms with van der Waals surface area (Å²) < 4.78 is 5.10. The molecule has 2 aromatic rings. The maximum Gasteiger partial charge on any atom is 0.336 e. The van der Waals surface area contributed by atoms with E-state index in [-0.39, 0.29) is 5.11 Å². The second-order valence-corrected chi connectivity index (χ2v) is 5.26. The molecule has 0 radical (unpaired) electrons. The molecular formula is C14H10N4O4S. The van der Waals surface area contributed by atoms with Crippen molar-refractivity contribution in [1.29, 1.82) is 0 Å². The first kappa shape index (κ1) is 15.0. The van der Waals surface area contributed by atoms with Gasteiger partial charge in [0.25, 0.3) is 11.8 Å². The van der Waals surface area contributed by atoms with Gasteiger partial charge in [0.15, 0.2) is 5.11 Å². The van der Waals surface area contributed by atoms with Crippen molar-refractivity contribution in [2.24, 2.45) is 10.2 Å². The van der Waals surface area contributed by atoms with E-state index in [9.17, 15) is 14.4 Å². The Morgan fingerprint density at radius 2 is 1.83 bits per heavy atom. The van der Waals surface area contributed by atoms with Crippen LogP contribution in [0.4, 0.5) is 5.69 Å². The molecule has 1 aliphatic rings. The SMILES string of the molecule is Cc1cc(=O)oc2cc(N=NC3C(=O)NC(=S)NC3=O)ccc12. The number of hydrogen-bond acceptors (Lipinski definition) is 7. The molecule has 116 valence electrons. The Morgan fingerprint density at radius 3 is 2.52 bits per heavy atom. The van der Waals surface area contributed by atoms with Crippen molar-refractivity contribution < 1.29 is 14.0 Å². The van der Waals surface area contributed by atoms with Gasteiger partial charge in [0, 0.05) is 17.5 Å². The number of carbonyl (C=O) groups is 2. The van der Waals surface area contributed by atoms with Gasteiger partial charge in [-0.3, -0.25) is 9.59 Å². The molecule has 23 heavy (non-hydrogen) atoms. The minimum absolute atomic E-state index is 0.0607. The zero-order valence-corrected chi connectivity index (χ0v) is 12.6. The Balaban J connectivity index is 1.92. The molecule has 8 nitrogen and oxygen atoms in total. The Hall–Kier alpha value is -2.94. The van der Waals surface area contributed by atoms with Crippen LogP contribution in [0, 0.1) is 6.92 Å². The van der Waals surface area contributed by atoms with Crippen molar-refractivity contribution in [1.82, 2.24) is 10.6 Å². The molecule has 0 spiro atoms. The molecule has 0 atom stereocenters. The normalized spacial score (nSPS) is 16.0. The fourth-order valence-corrected chi connectivity index (χ4v) is 2.32. The number of azo groups is 1. The van der Waals surface area contributed by atoms with Gasteiger partial charge in [-0.05, 0) is 36.8 Å². The number of nitrogens with zero attached hydrogens (tertiary/aromatic N) is 2. The highest BCUT2D eigenvalue weighted by atomic mass is 32.1. The number of rotatable bonds is 2. The Labute approximate surface area is 134 Å². The number of amides is 2. The lowest BCUT2D eigenvalue weighted by atomic mass is 10.1. The van der Waals surface area contributed by atoms with Crippen molar-refractivity contribution >= 4 is 45.8 Å². The van der Waals surface area contributed by atoms with Crippen LogP contribution in [0.25, 0.3) is 11.0 Å². The fraction of sp³-hybridized carbons (Fsp3) is 0.143. The Bertz CT molecular complexity index is 914. The second-order valence-electron chi connectivity index (χ2n) is 4.85. The first-order valence-corrected chi connectivity index (χ1v) is 6.96. The highest BCUT2D eigenvalue weighted by Gasteiger charge is 2.32. The number of carbonyl (C=O) groups excluding carboxylic acids is 2. The summed E-state index contributed by atoms with van der Waals surface area (Å²) in [6.07, 6.45) is 0. The molecule has 0 aliphatic carbocycles. The predicted molar refractivity (Wildman–Crippen MR) is 84.4 cm³/mol. The summed E-state index contributed by atoms with van der Waals surface area (Å²) in [5, 5.41) is 12.9. The standard InChI is InChI=1S/C14H10N4O4S/c1-6-4-10(19)22-9-5-7(2-3-8(6)9)17-18-11-12(20)15-14(23)16-13(11)21/h2-5,11H,1H3,(H2,15,16,20,21,23). The monoisotopic (exact) mass is 330 g/mol. The first-order valence-electron chi connectivity index (χ1n) is 6.55. The van der Waals surface area contributed by atoms with Gasteiger partial charge in [0.2, 0.25) is 6.04 Å². The maximum absolute atomic E-state index is 11.7. The van der Waals surface area contributed by atoms with E-state index in [4.69, 9.17) is 4.42 Å². The summed E-state index contributed by atoms with van der Waals surface area (Å²) >= 11 is 4.69. The van der Waals surface area contributed by atoms with Gasteiger partial charge in [0.05, 0.1) is 5.69 Å². The van der Waals surface area contributed by atoms with Crippen molar-refractivity contribution in [2.45, 2.75) is 13.0 Å². The smallest absolute Gasteiger partial charge is 0.336 e. The van der Waals surface area contributed by atoms with Gasteiger partial charge < -0.3 is 15.1 Å². The first-order chi connectivity index (χ1) is 10.9. The molecule has 1 fully saturated rings. The van der Waals surface area contributed by atoms with Crippen LogP contribution >= 0.6 is 12.2 Å². The van der Waals surface area contributed by atoms with Crippen LogP contribution in [-0.2, 0) is 9.59 Å². The highest BCUT2D eigenvalue weighted by Crippen LogP contribution is 2.23. The molecule has 0 bridgehead atoms. The van der Waals surface area contributed by atoms with Crippen molar-refractivity contribution in [3.63, 3.8) is 0 Å². The molecular weight excluding hydrogens is 320 g/mol. The number of hydrogen-bond donors (Lipinski definition) is 2. The molecule has 0 saturated carbocycles. The minimum atomic E-state index is -1.32.